The number of likely N-dealkylation sites (tertiary alicyclic amines) is 2. The van der Waals surface area contributed by atoms with E-state index in [9.17, 15) is 14.7 Å². The van der Waals surface area contributed by atoms with Gasteiger partial charge in [0.05, 0.1) is 12.3 Å². The summed E-state index contributed by atoms with van der Waals surface area (Å²) in [6, 6.07) is 6.06. The summed E-state index contributed by atoms with van der Waals surface area (Å²) >= 11 is 0. The summed E-state index contributed by atoms with van der Waals surface area (Å²) < 4.78 is 0. The summed E-state index contributed by atoms with van der Waals surface area (Å²) in [7, 11) is 0. The van der Waals surface area contributed by atoms with E-state index in [1.165, 1.54) is 0 Å². The molecule has 8 heteroatoms. The van der Waals surface area contributed by atoms with Gasteiger partial charge in [0.25, 0.3) is 0 Å². The number of nitrogens with one attached hydrogen (secondary N) is 1. The van der Waals surface area contributed by atoms with E-state index < -0.39 is 0 Å². The monoisotopic (exact) mass is 399 g/mol. The van der Waals surface area contributed by atoms with Crippen LogP contribution in [-0.4, -0.2) is 70.2 Å². The van der Waals surface area contributed by atoms with Crippen molar-refractivity contribution in [3.05, 3.63) is 29.6 Å². The van der Waals surface area contributed by atoms with Gasteiger partial charge in [0.15, 0.2) is 0 Å². The first-order valence-electron chi connectivity index (χ1n) is 10.4. The Morgan fingerprint density at radius 1 is 1.31 bits per heavy atom. The van der Waals surface area contributed by atoms with E-state index in [-0.39, 0.29) is 29.8 Å². The molecule has 1 aromatic rings. The summed E-state index contributed by atoms with van der Waals surface area (Å²) in [5.74, 6) is 0.328. The predicted molar refractivity (Wildman–Crippen MR) is 108 cm³/mol. The van der Waals surface area contributed by atoms with Crippen molar-refractivity contribution >= 4 is 17.5 Å². The predicted octanol–water partition coefficient (Wildman–Crippen LogP) is 0.689. The van der Waals surface area contributed by atoms with E-state index >= 15 is 0 Å². The molecule has 2 saturated heterocycles. The molecule has 4 rings (SSSR count). The highest BCUT2D eigenvalue weighted by molar-refractivity contribution is 5.94. The normalized spacial score (nSPS) is 27.0. The number of aromatic nitrogens is 1. The number of amides is 2. The van der Waals surface area contributed by atoms with E-state index in [0.29, 0.717) is 38.8 Å². The van der Waals surface area contributed by atoms with Crippen LogP contribution in [0.25, 0.3) is 0 Å². The number of rotatable bonds is 6. The molecule has 2 atom stereocenters. The van der Waals surface area contributed by atoms with Gasteiger partial charge >= 0.3 is 0 Å². The standard InChI is InChI=1S/C21H29N5O3/c1-15-3-2-4-18(22-15)11-25-9-16-10-26(13-21(16,12-25)14-27)20(29)8-6-17-5-7-19(28)24-23-17/h2-4,16,27H,5-14H2,1H3,(H,24,28). The fourth-order valence-electron chi connectivity index (χ4n) is 4.84. The van der Waals surface area contributed by atoms with Crippen LogP contribution in [0, 0.1) is 18.3 Å². The molecule has 2 fully saturated rings. The van der Waals surface area contributed by atoms with Crippen molar-refractivity contribution in [2.45, 2.75) is 39.2 Å². The van der Waals surface area contributed by atoms with Crippen LogP contribution in [-0.2, 0) is 16.1 Å². The molecule has 3 aliphatic heterocycles. The van der Waals surface area contributed by atoms with Crippen molar-refractivity contribution in [2.24, 2.45) is 16.4 Å². The first-order chi connectivity index (χ1) is 14.0. The van der Waals surface area contributed by atoms with Gasteiger partial charge in [-0.25, -0.2) is 5.43 Å². The lowest BCUT2D eigenvalue weighted by molar-refractivity contribution is -0.130. The Labute approximate surface area is 171 Å². The van der Waals surface area contributed by atoms with Gasteiger partial charge in [0, 0.05) is 62.4 Å². The summed E-state index contributed by atoms with van der Waals surface area (Å²) in [6.07, 6.45) is 2.06. The number of aliphatic hydroxyl groups excluding tert-OH is 1. The fraction of sp³-hybridized carbons (Fsp3) is 0.619. The number of aliphatic hydroxyl groups is 1. The zero-order chi connectivity index (χ0) is 20.4. The van der Waals surface area contributed by atoms with Crippen LogP contribution in [0.3, 0.4) is 0 Å². The van der Waals surface area contributed by atoms with Gasteiger partial charge in [0.1, 0.15) is 0 Å². The Kier molecular flexibility index (Phi) is 5.65. The van der Waals surface area contributed by atoms with E-state index in [1.54, 1.807) is 0 Å². The average molecular weight is 399 g/mol. The average Bonchev–Trinajstić information content (AvgIpc) is 3.21. The van der Waals surface area contributed by atoms with Crippen LogP contribution in [0.4, 0.5) is 0 Å². The highest BCUT2D eigenvalue weighted by atomic mass is 16.3. The SMILES string of the molecule is Cc1cccc(CN2CC3CN(C(=O)CCC4=NNC(=O)CC4)CC3(CO)C2)n1. The number of hydrogen-bond acceptors (Lipinski definition) is 6. The Bertz CT molecular complexity index is 826. The molecule has 0 spiro atoms. The fourth-order valence-corrected chi connectivity index (χ4v) is 4.84. The van der Waals surface area contributed by atoms with Crippen LogP contribution in [0.15, 0.2) is 23.3 Å². The summed E-state index contributed by atoms with van der Waals surface area (Å²) in [6.45, 7) is 5.82. The summed E-state index contributed by atoms with van der Waals surface area (Å²) in [4.78, 5) is 32.7. The van der Waals surface area contributed by atoms with E-state index in [2.05, 4.69) is 20.4 Å². The van der Waals surface area contributed by atoms with Crippen LogP contribution >= 0.6 is 0 Å². The number of carbonyl (C=O) groups excluding carboxylic acids is 2. The molecule has 156 valence electrons. The molecule has 4 heterocycles. The van der Waals surface area contributed by atoms with Crippen molar-refractivity contribution in [3.63, 3.8) is 0 Å². The third-order valence-corrected chi connectivity index (χ3v) is 6.44. The van der Waals surface area contributed by atoms with Crippen LogP contribution in [0.5, 0.6) is 0 Å². The maximum absolute atomic E-state index is 12.7. The van der Waals surface area contributed by atoms with Gasteiger partial charge in [-0.15, -0.1) is 0 Å². The lowest BCUT2D eigenvalue weighted by Gasteiger charge is -2.27. The molecule has 0 saturated carbocycles. The molecule has 0 aromatic carbocycles. The number of pyridine rings is 1. The third kappa shape index (κ3) is 4.33. The lowest BCUT2D eigenvalue weighted by atomic mass is 9.82. The van der Waals surface area contributed by atoms with Crippen molar-refractivity contribution < 1.29 is 14.7 Å². The maximum atomic E-state index is 12.7. The molecule has 0 bridgehead atoms. The number of aryl methyl sites for hydroxylation is 1. The molecule has 2 N–H and O–H groups in total. The highest BCUT2D eigenvalue weighted by Crippen LogP contribution is 2.42. The second-order valence-corrected chi connectivity index (χ2v) is 8.64. The highest BCUT2D eigenvalue weighted by Gasteiger charge is 2.52. The molecule has 3 aliphatic rings. The number of carbonyl (C=O) groups is 2. The minimum absolute atomic E-state index is 0.0669. The van der Waals surface area contributed by atoms with Crippen molar-refractivity contribution in [2.75, 3.05) is 32.8 Å². The quantitative estimate of drug-likeness (QED) is 0.733. The second-order valence-electron chi connectivity index (χ2n) is 8.64. The number of fused-ring (bicyclic) bond motifs is 1. The second kappa shape index (κ2) is 8.20. The maximum Gasteiger partial charge on any atom is 0.240 e. The molecule has 1 aromatic heterocycles. The summed E-state index contributed by atoms with van der Waals surface area (Å²) in [5, 5.41) is 14.2. The van der Waals surface area contributed by atoms with Gasteiger partial charge in [0.2, 0.25) is 11.8 Å². The molecule has 0 radical (unpaired) electrons. The molecule has 0 aliphatic carbocycles. The van der Waals surface area contributed by atoms with Gasteiger partial charge in [-0.05, 0) is 37.8 Å². The first-order valence-corrected chi connectivity index (χ1v) is 10.4. The Morgan fingerprint density at radius 3 is 2.86 bits per heavy atom. The van der Waals surface area contributed by atoms with Gasteiger partial charge < -0.3 is 10.0 Å². The van der Waals surface area contributed by atoms with Gasteiger partial charge in [-0.3, -0.25) is 19.5 Å². The Balaban J connectivity index is 1.32. The van der Waals surface area contributed by atoms with Gasteiger partial charge in [-0.1, -0.05) is 6.07 Å². The molecule has 2 unspecified atom stereocenters. The minimum atomic E-state index is -0.240. The van der Waals surface area contributed by atoms with E-state index in [1.807, 2.05) is 30.0 Å². The van der Waals surface area contributed by atoms with E-state index in [0.717, 1.165) is 36.7 Å². The topological polar surface area (TPSA) is 98.1 Å². The number of hydrogen-bond donors (Lipinski definition) is 2. The molecular weight excluding hydrogens is 370 g/mol. The van der Waals surface area contributed by atoms with Gasteiger partial charge in [-0.2, -0.15) is 5.10 Å². The minimum Gasteiger partial charge on any atom is -0.396 e. The third-order valence-electron chi connectivity index (χ3n) is 6.44. The Hall–Kier alpha value is -2.32. The molecular formula is C21H29N5O3. The first kappa shape index (κ1) is 20.0. The molecule has 29 heavy (non-hydrogen) atoms. The zero-order valence-corrected chi connectivity index (χ0v) is 16.9. The number of nitrogens with zero attached hydrogens (tertiary/aromatic N) is 4. The van der Waals surface area contributed by atoms with E-state index in [4.69, 9.17) is 0 Å². The van der Waals surface area contributed by atoms with Crippen LogP contribution < -0.4 is 5.43 Å². The molecule has 8 nitrogen and oxygen atoms in total. The van der Waals surface area contributed by atoms with Crippen molar-refractivity contribution in [1.29, 1.82) is 0 Å². The Morgan fingerprint density at radius 2 is 2.17 bits per heavy atom. The number of hydrazone groups is 1. The summed E-state index contributed by atoms with van der Waals surface area (Å²) in [5.41, 5.74) is 5.18. The molecule has 2 amide bonds. The van der Waals surface area contributed by atoms with Crippen LogP contribution in [0.1, 0.15) is 37.1 Å². The van der Waals surface area contributed by atoms with Crippen molar-refractivity contribution in [3.8, 4) is 0 Å². The largest absolute Gasteiger partial charge is 0.396 e. The van der Waals surface area contributed by atoms with Crippen molar-refractivity contribution in [1.82, 2.24) is 20.2 Å². The zero-order valence-electron chi connectivity index (χ0n) is 16.9. The van der Waals surface area contributed by atoms with Crippen LogP contribution in [0.2, 0.25) is 0 Å². The lowest BCUT2D eigenvalue weighted by Crippen LogP contribution is -2.39. The smallest absolute Gasteiger partial charge is 0.240 e.